The smallest absolute Gasteiger partial charge is 0.0460 e. The first-order valence-electron chi connectivity index (χ1n) is 39.2. The van der Waals surface area contributed by atoms with E-state index < -0.39 is 0 Å². The molecule has 3 aliphatic carbocycles. The highest BCUT2D eigenvalue weighted by Gasteiger charge is 2.44. The molecule has 15 rings (SSSR count). The summed E-state index contributed by atoms with van der Waals surface area (Å²) >= 11 is 0. The minimum atomic E-state index is -0.143. The van der Waals surface area contributed by atoms with Crippen LogP contribution in [0.5, 0.6) is 0 Å². The minimum Gasteiger partial charge on any atom is -0.336 e. The summed E-state index contributed by atoms with van der Waals surface area (Å²) in [6.45, 7) is 53.8. The van der Waals surface area contributed by atoms with Gasteiger partial charge in [-0.15, -0.1) is 0 Å². The maximum atomic E-state index is 2.62. The molecule has 12 aromatic carbocycles. The van der Waals surface area contributed by atoms with Crippen molar-refractivity contribution in [3.8, 4) is 66.8 Å². The number of hydrogen-bond donors (Lipinski definition) is 0. The maximum Gasteiger partial charge on any atom is 0.0460 e. The molecule has 0 radical (unpaired) electrons. The van der Waals surface area contributed by atoms with Gasteiger partial charge in [-0.2, -0.15) is 0 Å². The van der Waals surface area contributed by atoms with E-state index in [4.69, 9.17) is 0 Å². The average molecular weight is 1410 g/mol. The molecule has 107 heavy (non-hydrogen) atoms. The van der Waals surface area contributed by atoms with Crippen LogP contribution in [0, 0.1) is 6.92 Å². The third-order valence-corrected chi connectivity index (χ3v) is 23.0. The first kappa shape index (κ1) is 75.3. The van der Waals surface area contributed by atoms with Gasteiger partial charge in [0.2, 0.25) is 0 Å². The van der Waals surface area contributed by atoms with Gasteiger partial charge in [-0.05, 0) is 263 Å². The Kier molecular flexibility index (Phi) is 19.7. The van der Waals surface area contributed by atoms with Gasteiger partial charge in [0.1, 0.15) is 0 Å². The van der Waals surface area contributed by atoms with Crippen molar-refractivity contribution < 1.29 is 0 Å². The third-order valence-electron chi connectivity index (χ3n) is 23.0. The molecule has 3 aliphatic rings. The van der Waals surface area contributed by atoms with Crippen molar-refractivity contribution in [3.05, 3.63) is 323 Å². The Bertz CT molecular complexity index is 5260. The van der Waals surface area contributed by atoms with Crippen LogP contribution in [0.15, 0.2) is 267 Å². The van der Waals surface area contributed by atoms with E-state index in [2.05, 4.69) is 441 Å². The number of anilines is 6. The topological polar surface area (TPSA) is 9.72 Å². The maximum absolute atomic E-state index is 2.62. The Morgan fingerprint density at radius 1 is 0.271 bits per heavy atom. The fourth-order valence-electron chi connectivity index (χ4n) is 18.0. The van der Waals surface area contributed by atoms with Gasteiger partial charge >= 0.3 is 0 Å². The molecule has 0 amide bonds. The van der Waals surface area contributed by atoms with Crippen LogP contribution < -0.4 is 14.7 Å². The summed E-state index contributed by atoms with van der Waals surface area (Å²) in [7, 11) is 0. The summed E-state index contributed by atoms with van der Waals surface area (Å²) in [5, 5.41) is 0. The molecule has 0 fully saturated rings. The molecule has 0 saturated heterocycles. The van der Waals surface area contributed by atoms with Crippen molar-refractivity contribution in [2.45, 2.75) is 209 Å². The lowest BCUT2D eigenvalue weighted by molar-refractivity contribution is 0.532. The normalized spacial score (nSPS) is 14.2. The molecule has 0 aliphatic heterocycles. The number of hydrogen-bond acceptors (Lipinski definition) is 3. The van der Waals surface area contributed by atoms with E-state index in [-0.39, 0.29) is 43.7 Å². The van der Waals surface area contributed by atoms with Gasteiger partial charge < -0.3 is 14.7 Å². The van der Waals surface area contributed by atoms with Gasteiger partial charge in [0.25, 0.3) is 0 Å². The van der Waals surface area contributed by atoms with Crippen LogP contribution in [0.3, 0.4) is 0 Å². The monoisotopic (exact) mass is 1410 g/mol. The van der Waals surface area contributed by atoms with Crippen molar-refractivity contribution >= 4 is 34.1 Å². The molecule has 3 heteroatoms. The Hall–Kier alpha value is -9.96. The van der Waals surface area contributed by atoms with E-state index >= 15 is 0 Å². The highest BCUT2D eigenvalue weighted by atomic mass is 15.2. The zero-order valence-electron chi connectivity index (χ0n) is 68.5. The second-order valence-corrected chi connectivity index (χ2v) is 36.8. The molecule has 3 nitrogen and oxygen atoms in total. The Labute approximate surface area is 643 Å². The highest BCUT2D eigenvalue weighted by Crippen LogP contribution is 2.58. The first-order chi connectivity index (χ1) is 50.4. The molecular formula is C104H115N3. The van der Waals surface area contributed by atoms with Gasteiger partial charge in [-0.25, -0.2) is 0 Å². The SMILES string of the molecule is CC(C)(C)c1cc(-c2ccccc2)ccc1N(c1ccc2c(c1C(C)(C)C)-c1ccccc1C2(C)C)C(C)(C)C.CCc1c(N(c2cccc(-c3ccccc3)c2)C(C)(C)C)ccc2c1-c1ccccc1C2(C)C.Cc1c(N(c2cccc(-c3ccccc3)c2)C(C)(C)C)ccc2c1-c1ccccc1C2(C)C. The lowest BCUT2D eigenvalue weighted by Crippen LogP contribution is -2.40. The van der Waals surface area contributed by atoms with Crippen LogP contribution in [0.1, 0.15) is 208 Å². The van der Waals surface area contributed by atoms with Gasteiger partial charge in [0.15, 0.2) is 0 Å². The van der Waals surface area contributed by atoms with Crippen molar-refractivity contribution in [2.24, 2.45) is 0 Å². The summed E-state index contributed by atoms with van der Waals surface area (Å²) in [5.41, 5.74) is 37.4. The highest BCUT2D eigenvalue weighted by molar-refractivity contribution is 5.93. The predicted molar refractivity (Wildman–Crippen MR) is 465 cm³/mol. The number of fused-ring (bicyclic) bond motifs is 9. The molecule has 0 saturated carbocycles. The van der Waals surface area contributed by atoms with E-state index in [0.717, 1.165) is 6.42 Å². The largest absolute Gasteiger partial charge is 0.336 e. The molecular weight excluding hydrogens is 1290 g/mol. The zero-order valence-corrected chi connectivity index (χ0v) is 68.5. The van der Waals surface area contributed by atoms with E-state index in [1.807, 2.05) is 0 Å². The molecule has 0 unspecified atom stereocenters. The molecule has 0 atom stereocenters. The Morgan fingerprint density at radius 2 is 0.607 bits per heavy atom. The van der Waals surface area contributed by atoms with Crippen molar-refractivity contribution in [3.63, 3.8) is 0 Å². The lowest BCUT2D eigenvalue weighted by atomic mass is 9.76. The summed E-state index contributed by atoms with van der Waals surface area (Å²) in [5.74, 6) is 0. The quantitative estimate of drug-likeness (QED) is 0.135. The lowest BCUT2D eigenvalue weighted by Gasteiger charge is -2.44. The zero-order chi connectivity index (χ0) is 76.7. The van der Waals surface area contributed by atoms with Gasteiger partial charge in [-0.1, -0.05) is 302 Å². The minimum absolute atomic E-state index is 0.0220. The summed E-state index contributed by atoms with van der Waals surface area (Å²) in [6.07, 6.45) is 0.994. The van der Waals surface area contributed by atoms with Crippen LogP contribution in [0.25, 0.3) is 66.8 Å². The standard InChI is InChI=1S/C39H47N.C33H35N.C32H33N/c1-36(2,3)31-25-27(26-17-13-12-14-18-26)21-23-32(31)40(38(7,8)9)33-24-22-30-34(35(33)37(4,5)6)28-19-15-16-20-29(28)39(30,10)11;1-7-26-30(21-20-29-31(26)27-18-11-12-19-28(27)33(29,5)6)34(32(2,3)4)25-17-13-16-24(22-25)23-14-9-8-10-15-23;1-22-29(20-19-28-30(22)26-17-10-11-18-27(26)32(28,5)6)33(31(2,3)4)25-16-12-15-24(21-25)23-13-8-7-9-14-23/h12-25H,1-11H3;8-22H,7H2,1-6H3;7-21H,1-6H3. The molecule has 0 N–H and O–H groups in total. The second-order valence-electron chi connectivity index (χ2n) is 36.8. The van der Waals surface area contributed by atoms with Gasteiger partial charge in [0, 0.05) is 67.0 Å². The van der Waals surface area contributed by atoms with Crippen LogP contribution in [-0.4, -0.2) is 16.6 Å². The molecule has 0 aromatic heterocycles. The van der Waals surface area contributed by atoms with Gasteiger partial charge in [0.05, 0.1) is 0 Å². The first-order valence-corrected chi connectivity index (χ1v) is 39.2. The predicted octanol–water partition coefficient (Wildman–Crippen LogP) is 29.3. The fourth-order valence-corrected chi connectivity index (χ4v) is 18.0. The second kappa shape index (κ2) is 28.0. The van der Waals surface area contributed by atoms with E-state index in [1.165, 1.54) is 157 Å². The molecule has 12 aromatic rings. The number of benzene rings is 12. The summed E-state index contributed by atoms with van der Waals surface area (Å²) < 4.78 is 0. The average Bonchev–Trinajstić information content (AvgIpc) is 1.60. The molecule has 0 heterocycles. The van der Waals surface area contributed by atoms with E-state index in [0.29, 0.717) is 0 Å². The summed E-state index contributed by atoms with van der Waals surface area (Å²) in [6, 6.07) is 98.3. The van der Waals surface area contributed by atoms with Crippen LogP contribution >= 0.6 is 0 Å². The number of nitrogens with zero attached hydrogens (tertiary/aromatic N) is 3. The Morgan fingerprint density at radius 3 is 1.02 bits per heavy atom. The number of rotatable bonds is 10. The van der Waals surface area contributed by atoms with Crippen LogP contribution in [-0.2, 0) is 33.5 Å². The van der Waals surface area contributed by atoms with E-state index in [1.54, 1.807) is 0 Å². The van der Waals surface area contributed by atoms with Crippen molar-refractivity contribution in [1.29, 1.82) is 0 Å². The van der Waals surface area contributed by atoms with Gasteiger partial charge in [-0.3, -0.25) is 0 Å². The molecule has 0 spiro atoms. The van der Waals surface area contributed by atoms with Crippen molar-refractivity contribution in [2.75, 3.05) is 14.7 Å². The third kappa shape index (κ3) is 13.9. The molecule has 546 valence electrons. The van der Waals surface area contributed by atoms with Crippen molar-refractivity contribution in [1.82, 2.24) is 0 Å². The Balaban J connectivity index is 0.000000143. The summed E-state index contributed by atoms with van der Waals surface area (Å²) in [4.78, 5) is 7.66. The van der Waals surface area contributed by atoms with E-state index in [9.17, 15) is 0 Å². The van der Waals surface area contributed by atoms with Crippen LogP contribution in [0.4, 0.5) is 34.1 Å². The van der Waals surface area contributed by atoms with Crippen LogP contribution in [0.2, 0.25) is 0 Å². The molecule has 0 bridgehead atoms. The fraction of sp³-hybridized carbons (Fsp3) is 0.308.